The molecule has 2 aromatic carbocycles. The van der Waals surface area contributed by atoms with E-state index < -0.39 is 0 Å². The predicted octanol–water partition coefficient (Wildman–Crippen LogP) is 5.41. The third kappa shape index (κ3) is 6.97. The fourth-order valence-electron chi connectivity index (χ4n) is 3.78. The Balaban J connectivity index is 1.61. The second-order valence-electron chi connectivity index (χ2n) is 7.35. The number of ether oxygens (including phenoxy) is 3. The van der Waals surface area contributed by atoms with Gasteiger partial charge >= 0.3 is 0 Å². The minimum atomic E-state index is 0.0450. The lowest BCUT2D eigenvalue weighted by molar-refractivity contribution is 0.0118. The monoisotopic (exact) mass is 466 g/mol. The number of nitroso groups, excluding NO2 is 1. The average Bonchev–Trinajstić information content (AvgIpc) is 2.78. The van der Waals surface area contributed by atoms with Crippen LogP contribution in [0.25, 0.3) is 0 Å². The SMILES string of the molecule is CCOCCOCCOCCN1Cc2c(Cl)cc(Cl)cc2C(c2cccc(N=O)c2)C1. The Bertz CT molecular complexity index is 865. The van der Waals surface area contributed by atoms with Crippen LogP contribution in [0, 0.1) is 4.91 Å². The molecule has 0 saturated heterocycles. The van der Waals surface area contributed by atoms with Gasteiger partial charge in [-0.25, -0.2) is 0 Å². The zero-order chi connectivity index (χ0) is 22.1. The van der Waals surface area contributed by atoms with Gasteiger partial charge in [-0.15, -0.1) is 4.91 Å². The van der Waals surface area contributed by atoms with Crippen molar-refractivity contribution in [1.82, 2.24) is 4.90 Å². The first-order valence-electron chi connectivity index (χ1n) is 10.5. The first-order chi connectivity index (χ1) is 15.1. The Morgan fingerprint density at radius 1 is 1.03 bits per heavy atom. The van der Waals surface area contributed by atoms with Crippen molar-refractivity contribution in [3.8, 4) is 0 Å². The Morgan fingerprint density at radius 2 is 1.77 bits per heavy atom. The number of halogens is 2. The maximum Gasteiger partial charge on any atom is 0.108 e. The maximum atomic E-state index is 11.0. The summed E-state index contributed by atoms with van der Waals surface area (Å²) in [6, 6.07) is 11.1. The van der Waals surface area contributed by atoms with Gasteiger partial charge in [0.25, 0.3) is 0 Å². The highest BCUT2D eigenvalue weighted by Crippen LogP contribution is 2.39. The van der Waals surface area contributed by atoms with Crippen molar-refractivity contribution in [1.29, 1.82) is 0 Å². The van der Waals surface area contributed by atoms with E-state index in [2.05, 4.69) is 10.1 Å². The number of nitrogens with zero attached hydrogens (tertiary/aromatic N) is 2. The highest BCUT2D eigenvalue weighted by molar-refractivity contribution is 6.35. The van der Waals surface area contributed by atoms with Gasteiger partial charge in [0.1, 0.15) is 5.69 Å². The van der Waals surface area contributed by atoms with Crippen molar-refractivity contribution in [3.63, 3.8) is 0 Å². The maximum absolute atomic E-state index is 11.0. The summed E-state index contributed by atoms with van der Waals surface area (Å²) in [6.45, 7) is 7.81. The Hall–Kier alpha value is -1.54. The molecule has 168 valence electrons. The van der Waals surface area contributed by atoms with Crippen LogP contribution in [-0.2, 0) is 20.8 Å². The topological polar surface area (TPSA) is 60.4 Å². The molecule has 8 heteroatoms. The first kappa shape index (κ1) is 24.1. The number of hydrogen-bond donors (Lipinski definition) is 0. The van der Waals surface area contributed by atoms with Crippen LogP contribution < -0.4 is 0 Å². The molecule has 0 aromatic heterocycles. The minimum Gasteiger partial charge on any atom is -0.379 e. The summed E-state index contributed by atoms with van der Waals surface area (Å²) in [5, 5.41) is 4.35. The van der Waals surface area contributed by atoms with E-state index in [-0.39, 0.29) is 5.92 Å². The second kappa shape index (κ2) is 12.5. The first-order valence-corrected chi connectivity index (χ1v) is 11.2. The lowest BCUT2D eigenvalue weighted by Crippen LogP contribution is -2.36. The molecule has 1 aliphatic rings. The highest BCUT2D eigenvalue weighted by atomic mass is 35.5. The van der Waals surface area contributed by atoms with Gasteiger partial charge in [0.15, 0.2) is 0 Å². The van der Waals surface area contributed by atoms with E-state index in [1.54, 1.807) is 12.1 Å². The highest BCUT2D eigenvalue weighted by Gasteiger charge is 2.28. The van der Waals surface area contributed by atoms with Crippen LogP contribution >= 0.6 is 23.2 Å². The molecular formula is C23H28Cl2N2O4. The lowest BCUT2D eigenvalue weighted by Gasteiger charge is -2.35. The smallest absolute Gasteiger partial charge is 0.108 e. The second-order valence-corrected chi connectivity index (χ2v) is 8.19. The van der Waals surface area contributed by atoms with Crippen molar-refractivity contribution >= 4 is 28.9 Å². The van der Waals surface area contributed by atoms with Gasteiger partial charge in [0.2, 0.25) is 0 Å². The van der Waals surface area contributed by atoms with E-state index in [0.29, 0.717) is 55.4 Å². The Morgan fingerprint density at radius 3 is 2.52 bits per heavy atom. The van der Waals surface area contributed by atoms with Crippen molar-refractivity contribution in [2.75, 3.05) is 52.7 Å². The van der Waals surface area contributed by atoms with Crippen molar-refractivity contribution < 1.29 is 14.2 Å². The van der Waals surface area contributed by atoms with Crippen LogP contribution in [0.5, 0.6) is 0 Å². The average molecular weight is 467 g/mol. The van der Waals surface area contributed by atoms with Crippen molar-refractivity contribution in [2.45, 2.75) is 19.4 Å². The molecule has 0 bridgehead atoms. The summed E-state index contributed by atoms with van der Waals surface area (Å²) >= 11 is 12.8. The van der Waals surface area contributed by atoms with E-state index in [1.165, 1.54) is 0 Å². The quantitative estimate of drug-likeness (QED) is 0.309. The van der Waals surface area contributed by atoms with E-state index in [4.69, 9.17) is 37.4 Å². The third-order valence-electron chi connectivity index (χ3n) is 5.27. The van der Waals surface area contributed by atoms with Gasteiger partial charge in [-0.1, -0.05) is 35.3 Å². The number of fused-ring (bicyclic) bond motifs is 1. The molecule has 6 nitrogen and oxygen atoms in total. The van der Waals surface area contributed by atoms with Crippen LogP contribution in [-0.4, -0.2) is 57.6 Å². The third-order valence-corrected chi connectivity index (χ3v) is 5.83. The summed E-state index contributed by atoms with van der Waals surface area (Å²) in [4.78, 5) is 13.3. The van der Waals surface area contributed by atoms with Gasteiger partial charge < -0.3 is 14.2 Å². The van der Waals surface area contributed by atoms with E-state index in [0.717, 1.165) is 36.3 Å². The van der Waals surface area contributed by atoms with Gasteiger partial charge in [-0.3, -0.25) is 4.90 Å². The normalized spacial score (nSPS) is 16.3. The summed E-state index contributed by atoms with van der Waals surface area (Å²) in [5.74, 6) is 0.0450. The molecule has 0 N–H and O–H groups in total. The molecule has 0 radical (unpaired) electrons. The molecule has 0 aliphatic carbocycles. The molecule has 0 amide bonds. The molecule has 0 spiro atoms. The molecule has 1 atom stereocenters. The summed E-state index contributed by atoms with van der Waals surface area (Å²) in [5.41, 5.74) is 3.59. The van der Waals surface area contributed by atoms with Gasteiger partial charge in [0.05, 0.1) is 33.0 Å². The molecule has 0 saturated carbocycles. The Labute approximate surface area is 193 Å². The number of hydrogen-bond acceptors (Lipinski definition) is 6. The van der Waals surface area contributed by atoms with E-state index in [9.17, 15) is 4.91 Å². The van der Waals surface area contributed by atoms with Crippen molar-refractivity contribution in [2.24, 2.45) is 5.18 Å². The number of benzene rings is 2. The zero-order valence-corrected chi connectivity index (χ0v) is 19.2. The molecule has 3 rings (SSSR count). The predicted molar refractivity (Wildman–Crippen MR) is 124 cm³/mol. The fraction of sp³-hybridized carbons (Fsp3) is 0.478. The molecular weight excluding hydrogens is 439 g/mol. The molecule has 1 aliphatic heterocycles. The Kier molecular flexibility index (Phi) is 9.71. The minimum absolute atomic E-state index is 0.0450. The van der Waals surface area contributed by atoms with Crippen LogP contribution in [0.4, 0.5) is 5.69 Å². The molecule has 31 heavy (non-hydrogen) atoms. The van der Waals surface area contributed by atoms with Crippen LogP contribution in [0.2, 0.25) is 10.0 Å². The summed E-state index contributed by atoms with van der Waals surface area (Å²) < 4.78 is 16.4. The molecule has 1 unspecified atom stereocenters. The molecule has 2 aromatic rings. The molecule has 0 fully saturated rings. The number of rotatable bonds is 12. The van der Waals surface area contributed by atoms with Gasteiger partial charge in [0, 0.05) is 42.2 Å². The lowest BCUT2D eigenvalue weighted by atomic mass is 9.84. The van der Waals surface area contributed by atoms with Crippen LogP contribution in [0.15, 0.2) is 41.6 Å². The fourth-order valence-corrected chi connectivity index (χ4v) is 4.35. The zero-order valence-electron chi connectivity index (χ0n) is 17.7. The van der Waals surface area contributed by atoms with Gasteiger partial charge in [-0.2, -0.15) is 0 Å². The van der Waals surface area contributed by atoms with Crippen molar-refractivity contribution in [3.05, 3.63) is 68.0 Å². The van der Waals surface area contributed by atoms with Crippen LogP contribution in [0.3, 0.4) is 0 Å². The largest absolute Gasteiger partial charge is 0.379 e. The molecule has 1 heterocycles. The van der Waals surface area contributed by atoms with E-state index >= 15 is 0 Å². The summed E-state index contributed by atoms with van der Waals surface area (Å²) in [6.07, 6.45) is 0. The standard InChI is InChI=1S/C23H28Cl2N2O4/c1-2-29-8-9-31-11-10-30-7-6-27-15-21(17-4-3-5-19(12-17)26-28)20-13-18(24)14-23(25)22(20)16-27/h3-5,12-14,21H,2,6-11,15-16H2,1H3. The van der Waals surface area contributed by atoms with Gasteiger partial charge in [-0.05, 0) is 53.1 Å². The summed E-state index contributed by atoms with van der Waals surface area (Å²) in [7, 11) is 0. The van der Waals surface area contributed by atoms with Crippen LogP contribution in [0.1, 0.15) is 29.5 Å². The van der Waals surface area contributed by atoms with E-state index in [1.807, 2.05) is 31.2 Å².